The lowest BCUT2D eigenvalue weighted by molar-refractivity contribution is 0.235. The highest BCUT2D eigenvalue weighted by Gasteiger charge is 2.14. The molecule has 3 nitrogen and oxygen atoms in total. The van der Waals surface area contributed by atoms with Crippen molar-refractivity contribution >= 4 is 0 Å². The molecular weight excluding hydrogens is 250 g/mol. The van der Waals surface area contributed by atoms with Crippen LogP contribution < -0.4 is 10.1 Å². The molecule has 0 spiro atoms. The first-order chi connectivity index (χ1) is 9.74. The molecule has 0 bridgehead atoms. The van der Waals surface area contributed by atoms with Crippen LogP contribution in [-0.2, 0) is 0 Å². The van der Waals surface area contributed by atoms with Crippen LogP contribution in [-0.4, -0.2) is 18.8 Å². The second kappa shape index (κ2) is 7.08. The van der Waals surface area contributed by atoms with Gasteiger partial charge in [0.1, 0.15) is 5.75 Å². The summed E-state index contributed by atoms with van der Waals surface area (Å²) in [6.07, 6.45) is 0. The van der Waals surface area contributed by atoms with E-state index in [2.05, 4.69) is 12.2 Å². The van der Waals surface area contributed by atoms with E-state index in [1.165, 1.54) is 5.56 Å². The van der Waals surface area contributed by atoms with Crippen molar-refractivity contribution in [2.24, 2.45) is 0 Å². The van der Waals surface area contributed by atoms with Gasteiger partial charge in [-0.3, -0.25) is 0 Å². The SMILES string of the molecule is COc1ccc(C(C)N[C@H](CO)c2ccccc2)cc1. The zero-order valence-corrected chi connectivity index (χ0v) is 11.9. The van der Waals surface area contributed by atoms with Gasteiger partial charge in [0.25, 0.3) is 0 Å². The molecule has 2 atom stereocenters. The van der Waals surface area contributed by atoms with Crippen molar-refractivity contribution in [3.8, 4) is 5.75 Å². The van der Waals surface area contributed by atoms with Crippen LogP contribution in [0.5, 0.6) is 5.75 Å². The van der Waals surface area contributed by atoms with Crippen molar-refractivity contribution in [3.63, 3.8) is 0 Å². The van der Waals surface area contributed by atoms with E-state index in [1.807, 2.05) is 54.6 Å². The summed E-state index contributed by atoms with van der Waals surface area (Å²) < 4.78 is 5.16. The van der Waals surface area contributed by atoms with Gasteiger partial charge in [0.2, 0.25) is 0 Å². The van der Waals surface area contributed by atoms with Gasteiger partial charge in [-0.05, 0) is 30.2 Å². The lowest BCUT2D eigenvalue weighted by Crippen LogP contribution is -2.27. The lowest BCUT2D eigenvalue weighted by atomic mass is 10.0. The second-order valence-corrected chi connectivity index (χ2v) is 4.81. The largest absolute Gasteiger partial charge is 0.497 e. The van der Waals surface area contributed by atoms with Crippen LogP contribution in [0, 0.1) is 0 Å². The van der Waals surface area contributed by atoms with E-state index in [-0.39, 0.29) is 18.7 Å². The number of aliphatic hydroxyl groups excluding tert-OH is 1. The molecule has 20 heavy (non-hydrogen) atoms. The molecule has 2 N–H and O–H groups in total. The van der Waals surface area contributed by atoms with Gasteiger partial charge in [0, 0.05) is 6.04 Å². The summed E-state index contributed by atoms with van der Waals surface area (Å²) in [6.45, 7) is 2.16. The fourth-order valence-corrected chi connectivity index (χ4v) is 2.23. The topological polar surface area (TPSA) is 41.5 Å². The molecule has 2 aromatic rings. The van der Waals surface area contributed by atoms with Gasteiger partial charge in [-0.15, -0.1) is 0 Å². The smallest absolute Gasteiger partial charge is 0.118 e. The number of nitrogens with one attached hydrogen (secondary N) is 1. The summed E-state index contributed by atoms with van der Waals surface area (Å²) in [6, 6.07) is 18.1. The first-order valence-electron chi connectivity index (χ1n) is 6.80. The average molecular weight is 271 g/mol. The Morgan fingerprint density at radius 1 is 1.00 bits per heavy atom. The maximum absolute atomic E-state index is 9.57. The summed E-state index contributed by atoms with van der Waals surface area (Å²) in [5, 5.41) is 13.0. The quantitative estimate of drug-likeness (QED) is 0.848. The Morgan fingerprint density at radius 3 is 2.20 bits per heavy atom. The van der Waals surface area contributed by atoms with E-state index in [4.69, 9.17) is 4.74 Å². The number of ether oxygens (including phenoxy) is 1. The van der Waals surface area contributed by atoms with Crippen LogP contribution in [0.1, 0.15) is 30.1 Å². The molecule has 0 fully saturated rings. The minimum absolute atomic E-state index is 0.0618. The van der Waals surface area contributed by atoms with E-state index in [0.717, 1.165) is 11.3 Å². The number of benzene rings is 2. The number of hydrogen-bond donors (Lipinski definition) is 2. The Balaban J connectivity index is 2.06. The van der Waals surface area contributed by atoms with Gasteiger partial charge < -0.3 is 15.2 Å². The van der Waals surface area contributed by atoms with E-state index >= 15 is 0 Å². The Bertz CT molecular complexity index is 510. The first kappa shape index (κ1) is 14.6. The van der Waals surface area contributed by atoms with Crippen LogP contribution >= 0.6 is 0 Å². The van der Waals surface area contributed by atoms with Gasteiger partial charge in [-0.2, -0.15) is 0 Å². The van der Waals surface area contributed by atoms with E-state index in [0.29, 0.717) is 0 Å². The van der Waals surface area contributed by atoms with Crippen molar-refractivity contribution in [3.05, 3.63) is 65.7 Å². The highest BCUT2D eigenvalue weighted by molar-refractivity contribution is 5.29. The molecule has 2 rings (SSSR count). The number of methoxy groups -OCH3 is 1. The van der Waals surface area contributed by atoms with Gasteiger partial charge in [0.05, 0.1) is 19.8 Å². The predicted octanol–water partition coefficient (Wildman–Crippen LogP) is 3.08. The third kappa shape index (κ3) is 3.59. The van der Waals surface area contributed by atoms with Crippen molar-refractivity contribution in [2.45, 2.75) is 19.0 Å². The minimum atomic E-state index is -0.0618. The highest BCUT2D eigenvalue weighted by Crippen LogP contribution is 2.21. The summed E-state index contributed by atoms with van der Waals surface area (Å²) in [5.41, 5.74) is 2.26. The summed E-state index contributed by atoms with van der Waals surface area (Å²) >= 11 is 0. The summed E-state index contributed by atoms with van der Waals surface area (Å²) in [4.78, 5) is 0. The molecule has 0 saturated carbocycles. The Labute approximate surface area is 120 Å². The molecule has 106 valence electrons. The summed E-state index contributed by atoms with van der Waals surface area (Å²) in [5.74, 6) is 0.850. The maximum Gasteiger partial charge on any atom is 0.118 e. The van der Waals surface area contributed by atoms with Gasteiger partial charge in [-0.1, -0.05) is 42.5 Å². The monoisotopic (exact) mass is 271 g/mol. The van der Waals surface area contributed by atoms with Crippen molar-refractivity contribution in [2.75, 3.05) is 13.7 Å². The number of aliphatic hydroxyl groups is 1. The predicted molar refractivity (Wildman–Crippen MR) is 80.8 cm³/mol. The maximum atomic E-state index is 9.57. The average Bonchev–Trinajstić information content (AvgIpc) is 2.53. The first-order valence-corrected chi connectivity index (χ1v) is 6.80. The normalized spacial score (nSPS) is 13.8. The Kier molecular flexibility index (Phi) is 5.16. The molecule has 0 saturated heterocycles. The van der Waals surface area contributed by atoms with E-state index < -0.39 is 0 Å². The van der Waals surface area contributed by atoms with E-state index in [9.17, 15) is 5.11 Å². The van der Waals surface area contributed by atoms with Crippen LogP contribution in [0.25, 0.3) is 0 Å². The van der Waals surface area contributed by atoms with Crippen LogP contribution in [0.2, 0.25) is 0 Å². The molecule has 2 aromatic carbocycles. The molecule has 0 aliphatic rings. The van der Waals surface area contributed by atoms with Crippen LogP contribution in [0.3, 0.4) is 0 Å². The van der Waals surface area contributed by atoms with E-state index in [1.54, 1.807) is 7.11 Å². The van der Waals surface area contributed by atoms with Gasteiger partial charge in [0.15, 0.2) is 0 Å². The number of hydrogen-bond acceptors (Lipinski definition) is 3. The third-order valence-corrected chi connectivity index (χ3v) is 3.45. The highest BCUT2D eigenvalue weighted by atomic mass is 16.5. The lowest BCUT2D eigenvalue weighted by Gasteiger charge is -2.22. The Morgan fingerprint density at radius 2 is 1.65 bits per heavy atom. The van der Waals surface area contributed by atoms with Crippen LogP contribution in [0.15, 0.2) is 54.6 Å². The summed E-state index contributed by atoms with van der Waals surface area (Å²) in [7, 11) is 1.66. The number of rotatable bonds is 6. The zero-order chi connectivity index (χ0) is 14.4. The molecule has 0 amide bonds. The molecular formula is C17H21NO2. The molecule has 1 unspecified atom stereocenters. The van der Waals surface area contributed by atoms with Crippen LogP contribution in [0.4, 0.5) is 0 Å². The molecule has 0 aliphatic carbocycles. The third-order valence-electron chi connectivity index (χ3n) is 3.45. The van der Waals surface area contributed by atoms with Crippen molar-refractivity contribution in [1.29, 1.82) is 0 Å². The fraction of sp³-hybridized carbons (Fsp3) is 0.294. The standard InChI is InChI=1S/C17H21NO2/c1-13(14-8-10-16(20-2)11-9-14)18-17(12-19)15-6-4-3-5-7-15/h3-11,13,17-19H,12H2,1-2H3/t13?,17-/m1/s1. The Hall–Kier alpha value is -1.84. The molecule has 0 aromatic heterocycles. The van der Waals surface area contributed by atoms with Crippen molar-refractivity contribution < 1.29 is 9.84 Å². The molecule has 3 heteroatoms. The minimum Gasteiger partial charge on any atom is -0.497 e. The fourth-order valence-electron chi connectivity index (χ4n) is 2.23. The second-order valence-electron chi connectivity index (χ2n) is 4.81. The molecule has 0 aliphatic heterocycles. The molecule has 0 heterocycles. The van der Waals surface area contributed by atoms with Crippen molar-refractivity contribution in [1.82, 2.24) is 5.32 Å². The van der Waals surface area contributed by atoms with Gasteiger partial charge >= 0.3 is 0 Å². The zero-order valence-electron chi connectivity index (χ0n) is 11.9. The van der Waals surface area contributed by atoms with Gasteiger partial charge in [-0.25, -0.2) is 0 Å². The molecule has 0 radical (unpaired) electrons.